The van der Waals surface area contributed by atoms with E-state index in [1.54, 1.807) is 0 Å². The fourth-order valence-corrected chi connectivity index (χ4v) is 5.28. The minimum absolute atomic E-state index is 0.0226. The van der Waals surface area contributed by atoms with E-state index in [4.69, 9.17) is 76.2 Å². The Kier molecular flexibility index (Phi) is 48.1. The Labute approximate surface area is 367 Å². The molecule has 0 bridgehead atoms. The van der Waals surface area contributed by atoms with E-state index < -0.39 is 0 Å². The van der Waals surface area contributed by atoms with E-state index in [0.717, 1.165) is 12.2 Å². The first-order valence-electron chi connectivity index (χ1n) is 22.8. The molecule has 0 fully saturated rings. The lowest BCUT2D eigenvalue weighted by Gasteiger charge is -2.09. The van der Waals surface area contributed by atoms with E-state index >= 15 is 0 Å². The Balaban J connectivity index is 1.65. The van der Waals surface area contributed by atoms with E-state index in [1.807, 2.05) is 0 Å². The number of rotatable bonds is 53. The van der Waals surface area contributed by atoms with Gasteiger partial charge in [-0.25, -0.2) is 0 Å². The zero-order valence-electron chi connectivity index (χ0n) is 37.8. The van der Waals surface area contributed by atoms with Crippen LogP contribution in [0.3, 0.4) is 0 Å². The lowest BCUT2D eigenvalue weighted by atomic mass is 10.0. The quantitative estimate of drug-likeness (QED) is 0.0906. The van der Waals surface area contributed by atoms with Gasteiger partial charge in [0.05, 0.1) is 192 Å². The maximum absolute atomic E-state index is 8.60. The van der Waals surface area contributed by atoms with Gasteiger partial charge in [0.25, 0.3) is 0 Å². The summed E-state index contributed by atoms with van der Waals surface area (Å²) < 4.78 is 82.3. The monoisotopic (exact) mass is 881 g/mol. The second kappa shape index (κ2) is 51.1. The first-order chi connectivity index (χ1) is 30.4. The standard InChI is InChI=1S/C45H84O16/c1-2-3-4-5-6-7-8-9-44-10-12-45(13-11-44)61-43-42-60-41-40-59-39-38-58-37-36-57-35-34-56-33-32-55-31-30-54-29-28-53-27-26-52-25-24-51-23-22-50-21-20-49-19-18-48-17-16-47-15-14-46/h10-13,46H,2-9,14-43H2,1H3. The number of benzene rings is 1. The molecule has 0 saturated heterocycles. The largest absolute Gasteiger partial charge is 0.491 e. The molecule has 360 valence electrons. The van der Waals surface area contributed by atoms with Crippen LogP contribution in [0.2, 0.25) is 0 Å². The van der Waals surface area contributed by atoms with Crippen molar-refractivity contribution in [3.8, 4) is 5.75 Å². The van der Waals surface area contributed by atoms with Crippen molar-refractivity contribution in [1.29, 1.82) is 0 Å². The normalized spacial score (nSPS) is 11.6. The minimum atomic E-state index is 0.0226. The molecule has 0 aliphatic carbocycles. The highest BCUT2D eigenvalue weighted by Crippen LogP contribution is 2.15. The van der Waals surface area contributed by atoms with Crippen molar-refractivity contribution >= 4 is 0 Å². The molecular formula is C45H84O16. The molecular weight excluding hydrogens is 796 g/mol. The van der Waals surface area contributed by atoms with Crippen LogP contribution in [0, 0.1) is 0 Å². The molecule has 0 radical (unpaired) electrons. The van der Waals surface area contributed by atoms with Gasteiger partial charge in [-0.05, 0) is 30.5 Å². The van der Waals surface area contributed by atoms with Crippen LogP contribution >= 0.6 is 0 Å². The summed E-state index contributed by atoms with van der Waals surface area (Å²) in [6, 6.07) is 8.45. The number of hydrogen-bond donors (Lipinski definition) is 1. The Morgan fingerprint density at radius 2 is 0.541 bits per heavy atom. The number of aliphatic hydroxyl groups is 1. The molecule has 16 heteroatoms. The summed E-state index contributed by atoms with van der Waals surface area (Å²) in [5.74, 6) is 0.883. The lowest BCUT2D eigenvalue weighted by Crippen LogP contribution is -2.16. The maximum atomic E-state index is 8.60. The van der Waals surface area contributed by atoms with E-state index in [1.165, 1.54) is 50.5 Å². The molecule has 0 amide bonds. The van der Waals surface area contributed by atoms with Crippen LogP contribution < -0.4 is 4.74 Å². The molecule has 1 aromatic carbocycles. The van der Waals surface area contributed by atoms with E-state index in [0.29, 0.717) is 192 Å². The molecule has 0 spiro atoms. The molecule has 61 heavy (non-hydrogen) atoms. The van der Waals surface area contributed by atoms with Crippen molar-refractivity contribution in [3.05, 3.63) is 29.8 Å². The minimum Gasteiger partial charge on any atom is -0.491 e. The molecule has 16 nitrogen and oxygen atoms in total. The highest BCUT2D eigenvalue weighted by atomic mass is 16.6. The van der Waals surface area contributed by atoms with E-state index in [9.17, 15) is 0 Å². The van der Waals surface area contributed by atoms with Crippen molar-refractivity contribution in [2.45, 2.75) is 58.3 Å². The van der Waals surface area contributed by atoms with Gasteiger partial charge in [0.2, 0.25) is 0 Å². The van der Waals surface area contributed by atoms with Gasteiger partial charge in [-0.15, -0.1) is 0 Å². The van der Waals surface area contributed by atoms with Crippen LogP contribution in [-0.2, 0) is 72.7 Å². The van der Waals surface area contributed by atoms with Gasteiger partial charge in [-0.3, -0.25) is 0 Å². The molecule has 1 aromatic rings. The van der Waals surface area contributed by atoms with Crippen LogP contribution in [0.1, 0.15) is 57.4 Å². The number of hydrogen-bond acceptors (Lipinski definition) is 16. The van der Waals surface area contributed by atoms with Crippen molar-refractivity contribution in [3.63, 3.8) is 0 Å². The number of ether oxygens (including phenoxy) is 15. The summed E-state index contributed by atoms with van der Waals surface area (Å²) in [6.45, 7) is 16.7. The van der Waals surface area contributed by atoms with Gasteiger partial charge >= 0.3 is 0 Å². The molecule has 1 N–H and O–H groups in total. The van der Waals surface area contributed by atoms with Gasteiger partial charge in [0, 0.05) is 0 Å². The van der Waals surface area contributed by atoms with Crippen molar-refractivity contribution in [2.75, 3.05) is 198 Å². The van der Waals surface area contributed by atoms with Gasteiger partial charge in [-0.1, -0.05) is 57.6 Å². The zero-order valence-corrected chi connectivity index (χ0v) is 37.8. The smallest absolute Gasteiger partial charge is 0.119 e. The molecule has 0 aromatic heterocycles. The summed E-state index contributed by atoms with van der Waals surface area (Å²) >= 11 is 0. The molecule has 0 heterocycles. The highest BCUT2D eigenvalue weighted by molar-refractivity contribution is 5.27. The predicted molar refractivity (Wildman–Crippen MR) is 232 cm³/mol. The predicted octanol–water partition coefficient (Wildman–Crippen LogP) is 4.58. The first-order valence-corrected chi connectivity index (χ1v) is 22.8. The third kappa shape index (κ3) is 46.2. The van der Waals surface area contributed by atoms with Crippen molar-refractivity contribution in [1.82, 2.24) is 0 Å². The Morgan fingerprint density at radius 1 is 0.295 bits per heavy atom. The Bertz CT molecular complexity index is 948. The van der Waals surface area contributed by atoms with Crippen LogP contribution in [0.4, 0.5) is 0 Å². The highest BCUT2D eigenvalue weighted by Gasteiger charge is 2.00. The van der Waals surface area contributed by atoms with Crippen LogP contribution in [-0.4, -0.2) is 203 Å². The summed E-state index contributed by atoms with van der Waals surface area (Å²) in [5, 5.41) is 8.60. The zero-order chi connectivity index (χ0) is 43.5. The van der Waals surface area contributed by atoms with Crippen LogP contribution in [0.15, 0.2) is 24.3 Å². The molecule has 0 atom stereocenters. The molecule has 0 aliphatic rings. The third-order valence-electron chi connectivity index (χ3n) is 8.56. The number of aryl methyl sites for hydroxylation is 1. The fraction of sp³-hybridized carbons (Fsp3) is 0.867. The van der Waals surface area contributed by atoms with Gasteiger partial charge < -0.3 is 76.2 Å². The van der Waals surface area contributed by atoms with E-state index in [-0.39, 0.29) is 6.61 Å². The lowest BCUT2D eigenvalue weighted by molar-refractivity contribution is -0.0298. The number of unbranched alkanes of at least 4 members (excludes halogenated alkanes) is 6. The second-order valence-electron chi connectivity index (χ2n) is 13.7. The summed E-state index contributed by atoms with van der Waals surface area (Å²) in [4.78, 5) is 0. The Morgan fingerprint density at radius 3 is 0.820 bits per heavy atom. The molecule has 0 saturated carbocycles. The fourth-order valence-electron chi connectivity index (χ4n) is 5.28. The topological polar surface area (TPSA) is 159 Å². The first kappa shape index (κ1) is 57.4. The van der Waals surface area contributed by atoms with Gasteiger partial charge in [0.1, 0.15) is 12.4 Å². The summed E-state index contributed by atoms with van der Waals surface area (Å²) in [6.07, 6.45) is 10.5. The number of aliphatic hydroxyl groups excluding tert-OH is 1. The maximum Gasteiger partial charge on any atom is 0.119 e. The van der Waals surface area contributed by atoms with Crippen molar-refractivity contribution in [2.24, 2.45) is 0 Å². The Hall–Kier alpha value is -1.58. The molecule has 0 unspecified atom stereocenters. The average Bonchev–Trinajstić information content (AvgIpc) is 3.28. The van der Waals surface area contributed by atoms with Crippen molar-refractivity contribution < 1.29 is 76.2 Å². The SMILES string of the molecule is CCCCCCCCCc1ccc(OCCOCCOCCOCCOCCOCCOCCOCCOCCOCCOCCOCCOCCOCCOCCO)cc1. The van der Waals surface area contributed by atoms with Gasteiger partial charge in [-0.2, -0.15) is 0 Å². The van der Waals surface area contributed by atoms with Crippen LogP contribution in [0.5, 0.6) is 5.75 Å². The summed E-state index contributed by atoms with van der Waals surface area (Å²) in [7, 11) is 0. The van der Waals surface area contributed by atoms with E-state index in [2.05, 4.69) is 31.2 Å². The molecule has 1 rings (SSSR count). The van der Waals surface area contributed by atoms with Gasteiger partial charge in [0.15, 0.2) is 0 Å². The van der Waals surface area contributed by atoms with Crippen LogP contribution in [0.25, 0.3) is 0 Å². The average molecular weight is 881 g/mol. The summed E-state index contributed by atoms with van der Waals surface area (Å²) in [5.41, 5.74) is 1.38. The molecule has 0 aliphatic heterocycles. The third-order valence-corrected chi connectivity index (χ3v) is 8.56. The second-order valence-corrected chi connectivity index (χ2v) is 13.7.